The molecule has 2 heterocycles. The van der Waals surface area contributed by atoms with E-state index < -0.39 is 11.7 Å². The summed E-state index contributed by atoms with van der Waals surface area (Å²) in [6.07, 6.45) is 3.36. The number of carbonyl (C=O) groups excluding carboxylic acids is 2. The Labute approximate surface area is 193 Å². The lowest BCUT2D eigenvalue weighted by Gasteiger charge is -2.08. The Hall–Kier alpha value is -4.05. The number of hydrogen-bond donors (Lipinski definition) is 2. The van der Waals surface area contributed by atoms with Crippen LogP contribution >= 0.6 is 11.8 Å². The van der Waals surface area contributed by atoms with Crippen molar-refractivity contribution in [3.63, 3.8) is 0 Å². The molecule has 0 atom stereocenters. The average molecular weight is 463 g/mol. The maximum Gasteiger partial charge on any atom is 0.258 e. The number of amides is 2. The zero-order chi connectivity index (χ0) is 23.2. The number of nitrogens with one attached hydrogen (secondary N) is 2. The van der Waals surface area contributed by atoms with Crippen LogP contribution in [0, 0.1) is 5.82 Å². The third-order valence-corrected chi connectivity index (χ3v) is 5.40. The summed E-state index contributed by atoms with van der Waals surface area (Å²) >= 11 is 1.22. The number of hydrogen-bond acceptors (Lipinski definition) is 6. The van der Waals surface area contributed by atoms with Crippen LogP contribution < -0.4 is 10.6 Å². The molecule has 0 fully saturated rings. The second-order valence-corrected chi connectivity index (χ2v) is 7.87. The van der Waals surface area contributed by atoms with E-state index in [1.165, 1.54) is 30.0 Å². The Morgan fingerprint density at radius 2 is 1.64 bits per heavy atom. The summed E-state index contributed by atoms with van der Waals surface area (Å²) in [5.74, 6) is -0.540. The van der Waals surface area contributed by atoms with Gasteiger partial charge in [-0.25, -0.2) is 14.1 Å². The second-order valence-electron chi connectivity index (χ2n) is 6.93. The van der Waals surface area contributed by atoms with Crippen LogP contribution in [0.25, 0.3) is 11.4 Å². The zero-order valence-electron chi connectivity index (χ0n) is 17.5. The zero-order valence-corrected chi connectivity index (χ0v) is 18.3. The predicted octanol–water partition coefficient (Wildman–Crippen LogP) is 4.00. The van der Waals surface area contributed by atoms with Crippen LogP contribution in [-0.2, 0) is 11.8 Å². The van der Waals surface area contributed by atoms with Crippen molar-refractivity contribution >= 4 is 35.0 Å². The highest BCUT2D eigenvalue weighted by Crippen LogP contribution is 2.21. The van der Waals surface area contributed by atoms with Crippen LogP contribution in [-0.4, -0.2) is 37.3 Å². The van der Waals surface area contributed by atoms with Crippen molar-refractivity contribution in [2.75, 3.05) is 16.4 Å². The van der Waals surface area contributed by atoms with E-state index in [0.29, 0.717) is 22.4 Å². The number of carbonyl (C=O) groups is 2. The summed E-state index contributed by atoms with van der Waals surface area (Å²) in [7, 11) is 1.79. The molecule has 0 aliphatic rings. The minimum absolute atomic E-state index is 0.0397. The van der Waals surface area contributed by atoms with E-state index in [1.54, 1.807) is 54.5 Å². The van der Waals surface area contributed by atoms with E-state index in [-0.39, 0.29) is 17.2 Å². The maximum atomic E-state index is 13.7. The summed E-state index contributed by atoms with van der Waals surface area (Å²) < 4.78 is 15.4. The van der Waals surface area contributed by atoms with E-state index in [2.05, 4.69) is 25.7 Å². The lowest BCUT2D eigenvalue weighted by Crippen LogP contribution is -2.15. The normalized spacial score (nSPS) is 10.6. The molecule has 0 radical (unpaired) electrons. The van der Waals surface area contributed by atoms with Gasteiger partial charge < -0.3 is 10.6 Å². The van der Waals surface area contributed by atoms with Crippen LogP contribution in [0.5, 0.6) is 0 Å². The van der Waals surface area contributed by atoms with E-state index in [4.69, 9.17) is 0 Å². The van der Waals surface area contributed by atoms with Crippen molar-refractivity contribution in [2.24, 2.45) is 7.05 Å². The Morgan fingerprint density at radius 1 is 0.970 bits per heavy atom. The number of anilines is 2. The molecule has 0 aliphatic carbocycles. The van der Waals surface area contributed by atoms with Gasteiger partial charge in [-0.1, -0.05) is 23.9 Å². The molecule has 2 N–H and O–H groups in total. The fourth-order valence-electron chi connectivity index (χ4n) is 2.98. The first-order valence-electron chi connectivity index (χ1n) is 9.89. The van der Waals surface area contributed by atoms with Crippen molar-refractivity contribution in [1.29, 1.82) is 0 Å². The number of aromatic nitrogens is 4. The predicted molar refractivity (Wildman–Crippen MR) is 124 cm³/mol. The van der Waals surface area contributed by atoms with Gasteiger partial charge in [0.25, 0.3) is 5.91 Å². The Kier molecular flexibility index (Phi) is 6.75. The van der Waals surface area contributed by atoms with Gasteiger partial charge in [0.05, 0.1) is 11.3 Å². The summed E-state index contributed by atoms with van der Waals surface area (Å²) in [6.45, 7) is 0. The van der Waals surface area contributed by atoms with Gasteiger partial charge in [0.2, 0.25) is 11.1 Å². The molecule has 4 aromatic rings. The molecule has 0 aliphatic heterocycles. The number of halogens is 1. The fraction of sp³-hybridized carbons (Fsp3) is 0.0870. The van der Waals surface area contributed by atoms with Gasteiger partial charge in [0.1, 0.15) is 5.82 Å². The van der Waals surface area contributed by atoms with Gasteiger partial charge in [0.15, 0.2) is 5.82 Å². The molecule has 0 spiro atoms. The molecule has 4 rings (SSSR count). The van der Waals surface area contributed by atoms with Crippen molar-refractivity contribution in [3.05, 3.63) is 84.4 Å². The Bertz CT molecular complexity index is 1280. The smallest absolute Gasteiger partial charge is 0.258 e. The molecular formula is C23H19FN6O2S. The third kappa shape index (κ3) is 5.60. The molecule has 166 valence electrons. The van der Waals surface area contributed by atoms with E-state index in [0.717, 1.165) is 5.56 Å². The van der Waals surface area contributed by atoms with Gasteiger partial charge in [0, 0.05) is 36.4 Å². The number of rotatable bonds is 7. The lowest BCUT2D eigenvalue weighted by atomic mass is 10.2. The monoisotopic (exact) mass is 462 g/mol. The average Bonchev–Trinajstić information content (AvgIpc) is 3.20. The number of pyridine rings is 1. The van der Waals surface area contributed by atoms with Crippen LogP contribution in [0.4, 0.5) is 15.8 Å². The van der Waals surface area contributed by atoms with Gasteiger partial charge in [-0.3, -0.25) is 14.6 Å². The molecular weight excluding hydrogens is 443 g/mol. The first kappa shape index (κ1) is 22.2. The molecule has 8 nitrogen and oxygen atoms in total. The van der Waals surface area contributed by atoms with Crippen molar-refractivity contribution < 1.29 is 14.0 Å². The Balaban J connectivity index is 1.30. The van der Waals surface area contributed by atoms with Gasteiger partial charge >= 0.3 is 0 Å². The molecule has 0 bridgehead atoms. The van der Waals surface area contributed by atoms with E-state index >= 15 is 0 Å². The van der Waals surface area contributed by atoms with Gasteiger partial charge in [-0.05, 0) is 48.5 Å². The molecule has 0 saturated carbocycles. The molecule has 33 heavy (non-hydrogen) atoms. The van der Waals surface area contributed by atoms with Crippen molar-refractivity contribution in [3.8, 4) is 11.4 Å². The fourth-order valence-corrected chi connectivity index (χ4v) is 3.65. The molecule has 2 aromatic heterocycles. The van der Waals surface area contributed by atoms with Crippen molar-refractivity contribution in [2.45, 2.75) is 5.16 Å². The maximum absolute atomic E-state index is 13.7. The second kappa shape index (κ2) is 10.0. The first-order chi connectivity index (χ1) is 16.0. The number of benzene rings is 2. The minimum Gasteiger partial charge on any atom is -0.325 e. The summed E-state index contributed by atoms with van der Waals surface area (Å²) in [6, 6.07) is 16.0. The van der Waals surface area contributed by atoms with Crippen molar-refractivity contribution in [1.82, 2.24) is 19.7 Å². The van der Waals surface area contributed by atoms with Crippen LogP contribution in [0.3, 0.4) is 0 Å². The largest absolute Gasteiger partial charge is 0.325 e. The molecule has 0 unspecified atom stereocenters. The summed E-state index contributed by atoms with van der Waals surface area (Å²) in [4.78, 5) is 33.0. The highest BCUT2D eigenvalue weighted by molar-refractivity contribution is 7.99. The van der Waals surface area contributed by atoms with Gasteiger partial charge in [-0.15, -0.1) is 5.10 Å². The third-order valence-electron chi connectivity index (χ3n) is 4.56. The summed E-state index contributed by atoms with van der Waals surface area (Å²) in [5, 5.41) is 10.2. The molecule has 0 saturated heterocycles. The number of aryl methyl sites for hydroxylation is 1. The highest BCUT2D eigenvalue weighted by atomic mass is 32.2. The van der Waals surface area contributed by atoms with Gasteiger partial charge in [-0.2, -0.15) is 0 Å². The van der Waals surface area contributed by atoms with Crippen LogP contribution in [0.2, 0.25) is 0 Å². The Morgan fingerprint density at radius 3 is 2.33 bits per heavy atom. The standard InChI is InChI=1S/C23H19FN6O2S/c1-30-21(15-10-12-25-13-11-15)28-23(29-30)33-14-20(31)26-16-6-8-17(9-7-16)27-22(32)18-4-2-3-5-19(18)24/h2-13H,14H2,1H3,(H,26,31)(H,27,32). The number of nitrogens with zero attached hydrogens (tertiary/aromatic N) is 4. The SMILES string of the molecule is Cn1nc(SCC(=O)Nc2ccc(NC(=O)c3ccccc3F)cc2)nc1-c1ccncc1. The van der Waals surface area contributed by atoms with Crippen LogP contribution in [0.15, 0.2) is 78.2 Å². The molecule has 10 heteroatoms. The minimum atomic E-state index is -0.591. The lowest BCUT2D eigenvalue weighted by molar-refractivity contribution is -0.113. The summed E-state index contributed by atoms with van der Waals surface area (Å²) in [5.41, 5.74) is 1.90. The number of thioether (sulfide) groups is 1. The van der Waals surface area contributed by atoms with E-state index in [9.17, 15) is 14.0 Å². The quantitative estimate of drug-likeness (QED) is 0.403. The molecule has 2 aromatic carbocycles. The highest BCUT2D eigenvalue weighted by Gasteiger charge is 2.13. The van der Waals surface area contributed by atoms with E-state index in [1.807, 2.05) is 12.1 Å². The van der Waals surface area contributed by atoms with Crippen LogP contribution in [0.1, 0.15) is 10.4 Å². The molecule has 2 amide bonds. The topological polar surface area (TPSA) is 102 Å². The first-order valence-corrected chi connectivity index (χ1v) is 10.9.